The highest BCUT2D eigenvalue weighted by molar-refractivity contribution is 6.28. The van der Waals surface area contributed by atoms with Crippen LogP contribution in [0.3, 0.4) is 0 Å². The first-order chi connectivity index (χ1) is 16.4. The van der Waals surface area contributed by atoms with Crippen LogP contribution in [0, 0.1) is 6.92 Å². The number of fused-ring (bicyclic) bond motifs is 2. The fraction of sp³-hybridized carbons (Fsp3) is 0.250. The van der Waals surface area contributed by atoms with E-state index >= 15 is 0 Å². The van der Waals surface area contributed by atoms with Crippen molar-refractivity contribution >= 4 is 28.8 Å². The van der Waals surface area contributed by atoms with Gasteiger partial charge in [-0.15, -0.1) is 0 Å². The first kappa shape index (κ1) is 22.0. The summed E-state index contributed by atoms with van der Waals surface area (Å²) in [4.78, 5) is 43.3. The van der Waals surface area contributed by atoms with Crippen LogP contribution in [0.2, 0.25) is 0 Å². The summed E-state index contributed by atoms with van der Waals surface area (Å²) < 4.78 is 0. The van der Waals surface area contributed by atoms with Crippen LogP contribution < -0.4 is 10.2 Å². The topological polar surface area (TPSA) is 69.7 Å². The standard InChI is InChI=1S/C28H27N3O3/c1-18-7-3-6-10-25(18)31-15-13-30(14-16-31)19(2)28(34)29-20-11-12-23-24(17-20)27(33)22-9-5-4-8-21(22)26(23)32/h3-12,17,19H,13-16H2,1-2H3,(H,29,34)/t19-/m1/s1. The molecule has 3 aromatic carbocycles. The third kappa shape index (κ3) is 3.90. The molecule has 3 aromatic rings. The zero-order chi connectivity index (χ0) is 23.8. The second kappa shape index (κ2) is 8.88. The van der Waals surface area contributed by atoms with E-state index in [0.717, 1.165) is 26.2 Å². The Morgan fingerprint density at radius 1 is 0.794 bits per heavy atom. The van der Waals surface area contributed by atoms with Crippen LogP contribution in [0.25, 0.3) is 0 Å². The molecular formula is C28H27N3O3. The number of hydrogen-bond donors (Lipinski definition) is 1. The summed E-state index contributed by atoms with van der Waals surface area (Å²) >= 11 is 0. The zero-order valence-corrected chi connectivity index (χ0v) is 19.4. The maximum absolute atomic E-state index is 13.0. The Labute approximate surface area is 199 Å². The van der Waals surface area contributed by atoms with Gasteiger partial charge in [0.05, 0.1) is 6.04 Å². The number of carbonyl (C=O) groups is 3. The predicted octanol–water partition coefficient (Wildman–Crippen LogP) is 3.92. The lowest BCUT2D eigenvalue weighted by molar-refractivity contribution is -0.120. The van der Waals surface area contributed by atoms with Crippen molar-refractivity contribution in [2.75, 3.05) is 36.4 Å². The molecule has 5 rings (SSSR count). The lowest BCUT2D eigenvalue weighted by Crippen LogP contribution is -2.53. The largest absolute Gasteiger partial charge is 0.369 e. The molecular weight excluding hydrogens is 426 g/mol. The number of nitrogens with one attached hydrogen (secondary N) is 1. The summed E-state index contributed by atoms with van der Waals surface area (Å²) in [6.45, 7) is 7.32. The molecule has 1 atom stereocenters. The quantitative estimate of drug-likeness (QED) is 0.507. The summed E-state index contributed by atoms with van der Waals surface area (Å²) in [6, 6.07) is 19.8. The molecule has 0 radical (unpaired) electrons. The van der Waals surface area contributed by atoms with Crippen LogP contribution in [-0.4, -0.2) is 54.6 Å². The van der Waals surface area contributed by atoms with Gasteiger partial charge >= 0.3 is 0 Å². The molecule has 6 nitrogen and oxygen atoms in total. The normalized spacial score (nSPS) is 16.6. The van der Waals surface area contributed by atoms with Gasteiger partial charge in [0.2, 0.25) is 5.91 Å². The number of hydrogen-bond acceptors (Lipinski definition) is 5. The first-order valence-corrected chi connectivity index (χ1v) is 11.6. The predicted molar refractivity (Wildman–Crippen MR) is 133 cm³/mol. The lowest BCUT2D eigenvalue weighted by atomic mass is 9.84. The van der Waals surface area contributed by atoms with E-state index in [1.165, 1.54) is 11.3 Å². The number of carbonyl (C=O) groups excluding carboxylic acids is 3. The number of aryl methyl sites for hydroxylation is 1. The average molecular weight is 454 g/mol. The summed E-state index contributed by atoms with van der Waals surface area (Å²) in [6.07, 6.45) is 0. The molecule has 34 heavy (non-hydrogen) atoms. The minimum atomic E-state index is -0.312. The van der Waals surface area contributed by atoms with Crippen molar-refractivity contribution < 1.29 is 14.4 Å². The highest BCUT2D eigenvalue weighted by atomic mass is 16.2. The number of ketones is 2. The van der Waals surface area contributed by atoms with Crippen molar-refractivity contribution in [1.29, 1.82) is 0 Å². The number of anilines is 2. The minimum Gasteiger partial charge on any atom is -0.369 e. The second-order valence-corrected chi connectivity index (χ2v) is 8.94. The van der Waals surface area contributed by atoms with Gasteiger partial charge in [-0.25, -0.2) is 0 Å². The van der Waals surface area contributed by atoms with E-state index in [2.05, 4.69) is 40.2 Å². The van der Waals surface area contributed by atoms with Crippen molar-refractivity contribution in [1.82, 2.24) is 4.90 Å². The Balaban J connectivity index is 1.26. The molecule has 0 saturated carbocycles. The molecule has 6 heteroatoms. The average Bonchev–Trinajstić information content (AvgIpc) is 2.87. The molecule has 172 valence electrons. The summed E-state index contributed by atoms with van der Waals surface area (Å²) in [5.41, 5.74) is 4.57. The molecule has 0 bridgehead atoms. The van der Waals surface area contributed by atoms with Gasteiger partial charge in [-0.3, -0.25) is 19.3 Å². The number of rotatable bonds is 4. The fourth-order valence-corrected chi connectivity index (χ4v) is 4.86. The number of benzene rings is 3. The van der Waals surface area contributed by atoms with Crippen LogP contribution in [0.4, 0.5) is 11.4 Å². The molecule has 1 heterocycles. The van der Waals surface area contributed by atoms with Gasteiger partial charge in [-0.1, -0.05) is 42.5 Å². The van der Waals surface area contributed by atoms with Crippen molar-refractivity contribution in [3.05, 3.63) is 94.5 Å². The van der Waals surface area contributed by atoms with E-state index in [-0.39, 0.29) is 23.5 Å². The molecule has 1 fully saturated rings. The SMILES string of the molecule is Cc1ccccc1N1CCN([C@H](C)C(=O)Nc2ccc3c(c2)C(=O)c2ccccc2C3=O)CC1. The first-order valence-electron chi connectivity index (χ1n) is 11.6. The fourth-order valence-electron chi connectivity index (χ4n) is 4.86. The molecule has 1 aliphatic carbocycles. The van der Waals surface area contributed by atoms with Crippen LogP contribution in [0.15, 0.2) is 66.7 Å². The van der Waals surface area contributed by atoms with Gasteiger partial charge in [0.1, 0.15) is 0 Å². The van der Waals surface area contributed by atoms with Crippen molar-refractivity contribution in [2.24, 2.45) is 0 Å². The highest BCUT2D eigenvalue weighted by Crippen LogP contribution is 2.29. The Hall–Kier alpha value is -3.77. The maximum Gasteiger partial charge on any atom is 0.241 e. The monoisotopic (exact) mass is 453 g/mol. The smallest absolute Gasteiger partial charge is 0.241 e. The summed E-state index contributed by atoms with van der Waals surface area (Å²) in [7, 11) is 0. The summed E-state index contributed by atoms with van der Waals surface area (Å²) in [5, 5.41) is 2.94. The maximum atomic E-state index is 13.0. The van der Waals surface area contributed by atoms with Gasteiger partial charge < -0.3 is 10.2 Å². The minimum absolute atomic E-state index is 0.126. The zero-order valence-electron chi connectivity index (χ0n) is 19.4. The third-order valence-corrected chi connectivity index (χ3v) is 6.89. The molecule has 2 aliphatic rings. The van der Waals surface area contributed by atoms with Gasteiger partial charge in [-0.2, -0.15) is 0 Å². The molecule has 1 amide bonds. The number of amides is 1. The van der Waals surface area contributed by atoms with Crippen LogP contribution in [0.5, 0.6) is 0 Å². The van der Waals surface area contributed by atoms with Crippen molar-refractivity contribution in [2.45, 2.75) is 19.9 Å². The van der Waals surface area contributed by atoms with Crippen molar-refractivity contribution in [3.63, 3.8) is 0 Å². The molecule has 0 aromatic heterocycles. The van der Waals surface area contributed by atoms with Crippen LogP contribution in [0.1, 0.15) is 44.3 Å². The Kier molecular flexibility index (Phi) is 5.75. The lowest BCUT2D eigenvalue weighted by Gasteiger charge is -2.39. The van der Waals surface area contributed by atoms with Crippen LogP contribution in [-0.2, 0) is 4.79 Å². The van der Waals surface area contributed by atoms with Crippen molar-refractivity contribution in [3.8, 4) is 0 Å². The van der Waals surface area contributed by atoms with E-state index in [9.17, 15) is 14.4 Å². The molecule has 1 saturated heterocycles. The third-order valence-electron chi connectivity index (χ3n) is 6.89. The Morgan fingerprint density at radius 3 is 2.06 bits per heavy atom. The number of para-hydroxylation sites is 1. The van der Waals surface area contributed by atoms with Crippen LogP contribution >= 0.6 is 0 Å². The Bertz CT molecular complexity index is 1290. The van der Waals surface area contributed by atoms with E-state index in [0.29, 0.717) is 27.9 Å². The van der Waals surface area contributed by atoms with Gasteiger partial charge in [0.25, 0.3) is 0 Å². The van der Waals surface area contributed by atoms with E-state index in [1.54, 1.807) is 42.5 Å². The van der Waals surface area contributed by atoms with E-state index in [1.807, 2.05) is 13.0 Å². The van der Waals surface area contributed by atoms with Gasteiger partial charge in [0.15, 0.2) is 11.6 Å². The number of nitrogens with zero attached hydrogens (tertiary/aromatic N) is 2. The van der Waals surface area contributed by atoms with Gasteiger partial charge in [0, 0.05) is 59.8 Å². The molecule has 1 N–H and O–H groups in total. The number of piperazine rings is 1. The highest BCUT2D eigenvalue weighted by Gasteiger charge is 2.30. The Morgan fingerprint density at radius 2 is 1.38 bits per heavy atom. The second-order valence-electron chi connectivity index (χ2n) is 8.94. The molecule has 1 aliphatic heterocycles. The van der Waals surface area contributed by atoms with E-state index in [4.69, 9.17) is 0 Å². The molecule has 0 spiro atoms. The molecule has 0 unspecified atom stereocenters. The van der Waals surface area contributed by atoms with E-state index < -0.39 is 0 Å². The summed E-state index contributed by atoms with van der Waals surface area (Å²) in [5.74, 6) is -0.482. The van der Waals surface area contributed by atoms with Gasteiger partial charge in [-0.05, 0) is 43.7 Å².